The van der Waals surface area contributed by atoms with E-state index in [9.17, 15) is 4.39 Å². The van der Waals surface area contributed by atoms with E-state index >= 15 is 0 Å². The molecule has 112 valence electrons. The van der Waals surface area contributed by atoms with Crippen molar-refractivity contribution in [2.24, 2.45) is 5.73 Å². The zero-order chi connectivity index (χ0) is 14.8. The van der Waals surface area contributed by atoms with E-state index < -0.39 is 0 Å². The molecule has 2 N–H and O–H groups in total. The minimum absolute atomic E-state index is 0.0921. The van der Waals surface area contributed by atoms with Crippen molar-refractivity contribution in [2.75, 3.05) is 13.1 Å². The van der Waals surface area contributed by atoms with Crippen LogP contribution >= 0.6 is 15.9 Å². The number of hydrogen-bond donors (Lipinski definition) is 1. The molecule has 4 heteroatoms. The van der Waals surface area contributed by atoms with Crippen LogP contribution < -0.4 is 5.73 Å². The SMILES string of the molecule is CCN(CC)C1(C(N)c2cc(Br)ccc2F)CCCC1. The first kappa shape index (κ1) is 15.9. The third-order valence-electron chi connectivity index (χ3n) is 4.73. The Morgan fingerprint density at radius 3 is 2.45 bits per heavy atom. The molecule has 0 radical (unpaired) electrons. The Labute approximate surface area is 129 Å². The summed E-state index contributed by atoms with van der Waals surface area (Å²) in [5.41, 5.74) is 7.09. The molecule has 1 aliphatic carbocycles. The van der Waals surface area contributed by atoms with Crippen LogP contribution in [-0.2, 0) is 0 Å². The lowest BCUT2D eigenvalue weighted by molar-refractivity contribution is 0.0758. The average Bonchev–Trinajstić information content (AvgIpc) is 2.93. The van der Waals surface area contributed by atoms with Crippen molar-refractivity contribution < 1.29 is 4.39 Å². The first-order valence-electron chi connectivity index (χ1n) is 7.50. The van der Waals surface area contributed by atoms with Gasteiger partial charge in [0.15, 0.2) is 0 Å². The fourth-order valence-electron chi connectivity index (χ4n) is 3.71. The number of benzene rings is 1. The van der Waals surface area contributed by atoms with Crippen LogP contribution in [-0.4, -0.2) is 23.5 Å². The van der Waals surface area contributed by atoms with Crippen molar-refractivity contribution in [3.05, 3.63) is 34.1 Å². The number of likely N-dealkylation sites (N-methyl/N-ethyl adjacent to an activating group) is 1. The van der Waals surface area contributed by atoms with Gasteiger partial charge in [0.1, 0.15) is 5.82 Å². The molecular weight excluding hydrogens is 319 g/mol. The second kappa shape index (κ2) is 6.54. The summed E-state index contributed by atoms with van der Waals surface area (Å²) >= 11 is 3.43. The molecule has 1 atom stereocenters. The predicted octanol–water partition coefficient (Wildman–Crippen LogP) is 4.24. The lowest BCUT2D eigenvalue weighted by atomic mass is 9.82. The van der Waals surface area contributed by atoms with Crippen molar-refractivity contribution >= 4 is 15.9 Å². The van der Waals surface area contributed by atoms with E-state index in [1.165, 1.54) is 18.9 Å². The molecule has 0 bridgehead atoms. The van der Waals surface area contributed by atoms with Gasteiger partial charge in [-0.2, -0.15) is 0 Å². The van der Waals surface area contributed by atoms with Gasteiger partial charge in [0.2, 0.25) is 0 Å². The Morgan fingerprint density at radius 1 is 1.30 bits per heavy atom. The molecule has 2 rings (SSSR count). The van der Waals surface area contributed by atoms with E-state index in [4.69, 9.17) is 5.73 Å². The molecule has 20 heavy (non-hydrogen) atoms. The minimum Gasteiger partial charge on any atom is -0.322 e. The van der Waals surface area contributed by atoms with Gasteiger partial charge in [-0.25, -0.2) is 4.39 Å². The predicted molar refractivity (Wildman–Crippen MR) is 85.1 cm³/mol. The third kappa shape index (κ3) is 2.78. The molecule has 0 saturated heterocycles. The molecule has 1 saturated carbocycles. The molecule has 0 aliphatic heterocycles. The monoisotopic (exact) mass is 342 g/mol. The Balaban J connectivity index is 2.41. The second-order valence-corrected chi connectivity index (χ2v) is 6.54. The molecule has 1 aromatic carbocycles. The van der Waals surface area contributed by atoms with Crippen LogP contribution in [0.5, 0.6) is 0 Å². The van der Waals surface area contributed by atoms with Crippen molar-refractivity contribution in [1.29, 1.82) is 0 Å². The van der Waals surface area contributed by atoms with Crippen LogP contribution in [0.3, 0.4) is 0 Å². The summed E-state index contributed by atoms with van der Waals surface area (Å²) in [4.78, 5) is 2.42. The second-order valence-electron chi connectivity index (χ2n) is 5.63. The summed E-state index contributed by atoms with van der Waals surface area (Å²) in [6.45, 7) is 6.24. The molecule has 1 fully saturated rings. The molecule has 0 amide bonds. The maximum atomic E-state index is 14.2. The Morgan fingerprint density at radius 2 is 1.90 bits per heavy atom. The standard InChI is InChI=1S/C16H24BrFN2/c1-3-20(4-2)16(9-5-6-10-16)15(19)13-11-12(17)7-8-14(13)18/h7-8,11,15H,3-6,9-10,19H2,1-2H3. The van der Waals surface area contributed by atoms with Gasteiger partial charge < -0.3 is 5.73 Å². The van der Waals surface area contributed by atoms with E-state index in [2.05, 4.69) is 34.7 Å². The highest BCUT2D eigenvalue weighted by atomic mass is 79.9. The van der Waals surface area contributed by atoms with Gasteiger partial charge in [0.05, 0.1) is 6.04 Å². The molecule has 1 aliphatic rings. The molecule has 2 nitrogen and oxygen atoms in total. The van der Waals surface area contributed by atoms with Crippen LogP contribution in [0, 0.1) is 5.82 Å². The summed E-state index contributed by atoms with van der Waals surface area (Å²) in [7, 11) is 0. The Hall–Kier alpha value is -0.450. The zero-order valence-electron chi connectivity index (χ0n) is 12.3. The average molecular weight is 343 g/mol. The maximum absolute atomic E-state index is 14.2. The summed E-state index contributed by atoms with van der Waals surface area (Å²) in [6.07, 6.45) is 4.48. The number of nitrogens with zero attached hydrogens (tertiary/aromatic N) is 1. The highest BCUT2D eigenvalue weighted by Gasteiger charge is 2.44. The maximum Gasteiger partial charge on any atom is 0.128 e. The van der Waals surface area contributed by atoms with Crippen LogP contribution in [0.4, 0.5) is 4.39 Å². The lowest BCUT2D eigenvalue weighted by Crippen LogP contribution is -2.53. The lowest BCUT2D eigenvalue weighted by Gasteiger charge is -2.45. The molecule has 0 heterocycles. The van der Waals surface area contributed by atoms with Gasteiger partial charge in [-0.15, -0.1) is 0 Å². The Kier molecular flexibility index (Phi) is 5.21. The summed E-state index contributed by atoms with van der Waals surface area (Å²) < 4.78 is 15.1. The fourth-order valence-corrected chi connectivity index (χ4v) is 4.09. The first-order valence-corrected chi connectivity index (χ1v) is 8.30. The van der Waals surface area contributed by atoms with Gasteiger partial charge >= 0.3 is 0 Å². The molecule has 1 unspecified atom stereocenters. The number of halogens is 2. The Bertz CT molecular complexity index is 454. The summed E-state index contributed by atoms with van der Waals surface area (Å²) in [6, 6.07) is 4.79. The van der Waals surface area contributed by atoms with E-state index in [1.54, 1.807) is 6.07 Å². The van der Waals surface area contributed by atoms with Crippen molar-refractivity contribution in [2.45, 2.75) is 51.1 Å². The molecule has 0 aromatic heterocycles. The van der Waals surface area contributed by atoms with Crippen molar-refractivity contribution in [3.8, 4) is 0 Å². The van der Waals surface area contributed by atoms with Crippen LogP contribution in [0.2, 0.25) is 0 Å². The minimum atomic E-state index is -0.276. The van der Waals surface area contributed by atoms with Gasteiger partial charge in [0.25, 0.3) is 0 Å². The van der Waals surface area contributed by atoms with E-state index in [0.29, 0.717) is 5.56 Å². The molecule has 0 spiro atoms. The van der Waals surface area contributed by atoms with Crippen molar-refractivity contribution in [3.63, 3.8) is 0 Å². The summed E-state index contributed by atoms with van der Waals surface area (Å²) in [5.74, 6) is -0.195. The quantitative estimate of drug-likeness (QED) is 0.866. The normalized spacial score (nSPS) is 19.5. The topological polar surface area (TPSA) is 29.3 Å². The number of rotatable bonds is 5. The number of hydrogen-bond acceptors (Lipinski definition) is 2. The smallest absolute Gasteiger partial charge is 0.128 e. The third-order valence-corrected chi connectivity index (χ3v) is 5.23. The van der Waals surface area contributed by atoms with Crippen LogP contribution in [0.25, 0.3) is 0 Å². The van der Waals surface area contributed by atoms with Gasteiger partial charge in [-0.05, 0) is 44.1 Å². The number of nitrogens with two attached hydrogens (primary N) is 1. The van der Waals surface area contributed by atoms with Crippen molar-refractivity contribution in [1.82, 2.24) is 4.90 Å². The van der Waals surface area contributed by atoms with Crippen LogP contribution in [0.1, 0.15) is 51.1 Å². The van der Waals surface area contributed by atoms with Gasteiger partial charge in [-0.3, -0.25) is 4.90 Å². The highest BCUT2D eigenvalue weighted by Crippen LogP contribution is 2.44. The molecule has 1 aromatic rings. The highest BCUT2D eigenvalue weighted by molar-refractivity contribution is 9.10. The fraction of sp³-hybridized carbons (Fsp3) is 0.625. The van der Waals surface area contributed by atoms with E-state index in [0.717, 1.165) is 30.4 Å². The van der Waals surface area contributed by atoms with E-state index in [-0.39, 0.29) is 17.4 Å². The van der Waals surface area contributed by atoms with Gasteiger partial charge in [-0.1, -0.05) is 42.6 Å². The van der Waals surface area contributed by atoms with E-state index in [1.807, 2.05) is 6.07 Å². The van der Waals surface area contributed by atoms with Crippen LogP contribution in [0.15, 0.2) is 22.7 Å². The zero-order valence-corrected chi connectivity index (χ0v) is 13.9. The molecular formula is C16H24BrFN2. The van der Waals surface area contributed by atoms with Gasteiger partial charge in [0, 0.05) is 15.6 Å². The first-order chi connectivity index (χ1) is 9.55. The summed E-state index contributed by atoms with van der Waals surface area (Å²) in [5, 5.41) is 0. The largest absolute Gasteiger partial charge is 0.322 e.